The van der Waals surface area contributed by atoms with Crippen LogP contribution in [-0.2, 0) is 26.5 Å². The minimum absolute atomic E-state index is 0.0366. The Kier molecular flexibility index (Phi) is 12.5. The number of ether oxygens (including phenoxy) is 2. The van der Waals surface area contributed by atoms with Gasteiger partial charge >= 0.3 is 5.97 Å². The highest BCUT2D eigenvalue weighted by atomic mass is 79.9. The number of hydrogen-bond acceptors (Lipinski definition) is 14. The maximum absolute atomic E-state index is 12.7. The zero-order valence-corrected chi connectivity index (χ0v) is 33.6. The number of aromatic nitrogens is 2. The van der Waals surface area contributed by atoms with Gasteiger partial charge in [-0.2, -0.15) is 0 Å². The fourth-order valence-corrected chi connectivity index (χ4v) is 9.56. The average Bonchev–Trinajstić information content (AvgIpc) is 3.94. The number of carbonyl (C=O) groups is 2. The van der Waals surface area contributed by atoms with E-state index in [2.05, 4.69) is 35.7 Å². The van der Waals surface area contributed by atoms with Crippen LogP contribution in [0.3, 0.4) is 0 Å². The van der Waals surface area contributed by atoms with Crippen LogP contribution < -0.4 is 18.9 Å². The van der Waals surface area contributed by atoms with E-state index in [1.807, 2.05) is 6.92 Å². The van der Waals surface area contributed by atoms with Crippen LogP contribution in [0.5, 0.6) is 11.5 Å². The molecule has 0 amide bonds. The van der Waals surface area contributed by atoms with Crippen LogP contribution in [0.4, 0.5) is 11.8 Å². The maximum Gasteiger partial charge on any atom is 0.355 e. The number of thiophene rings is 2. The molecular formula is C33H28BrClN4O10S4. The van der Waals surface area contributed by atoms with E-state index in [9.17, 15) is 26.4 Å². The zero-order valence-electron chi connectivity index (χ0n) is 28.0. The lowest BCUT2D eigenvalue weighted by Crippen LogP contribution is -2.17. The number of carbonyl (C=O) groups excluding carboxylic acids is 2. The second-order valence-electron chi connectivity index (χ2n) is 10.9. The van der Waals surface area contributed by atoms with E-state index in [1.54, 1.807) is 74.9 Å². The third-order valence-electron chi connectivity index (χ3n) is 7.07. The molecule has 0 aliphatic rings. The Bertz CT molecular complexity index is 2470. The number of aryl methyl sites for hydroxylation is 3. The summed E-state index contributed by atoms with van der Waals surface area (Å²) in [7, 11) is -6.56. The Morgan fingerprint density at radius 1 is 0.774 bits per heavy atom. The number of benzene rings is 2. The number of sulfonamides is 2. The number of hydrogen-bond donors (Lipinski definition) is 2. The summed E-state index contributed by atoms with van der Waals surface area (Å²) in [6, 6.07) is 16.6. The van der Waals surface area contributed by atoms with Gasteiger partial charge in [0.15, 0.2) is 5.78 Å². The molecule has 0 fully saturated rings. The SMILES string of the molecule is COc1ccc(CC(=O)c2sccc2S(=O)(=O)Nc2onc(C)c2Cl)cc1.Cc1ccc(OC(=O)c2sccc2S(=O)(=O)Nc2onc(C)c2Br)cc1. The van der Waals surface area contributed by atoms with Crippen molar-refractivity contribution < 1.29 is 44.9 Å². The van der Waals surface area contributed by atoms with Crippen LogP contribution in [0.25, 0.3) is 0 Å². The van der Waals surface area contributed by atoms with Crippen molar-refractivity contribution in [3.8, 4) is 11.5 Å². The lowest BCUT2D eigenvalue weighted by Gasteiger charge is -2.07. The summed E-state index contributed by atoms with van der Waals surface area (Å²) in [5, 5.41) is 10.4. The number of nitrogens with one attached hydrogen (secondary N) is 2. The van der Waals surface area contributed by atoms with Gasteiger partial charge in [-0.25, -0.2) is 31.1 Å². The van der Waals surface area contributed by atoms with Gasteiger partial charge in [0, 0.05) is 6.42 Å². The van der Waals surface area contributed by atoms with E-state index in [0.29, 0.717) is 27.4 Å². The number of anilines is 2. The highest BCUT2D eigenvalue weighted by molar-refractivity contribution is 9.10. The van der Waals surface area contributed by atoms with Crippen LogP contribution in [0, 0.1) is 20.8 Å². The van der Waals surface area contributed by atoms with Gasteiger partial charge in [0.25, 0.3) is 31.8 Å². The summed E-state index contributed by atoms with van der Waals surface area (Å²) < 4.78 is 75.6. The molecule has 0 unspecified atom stereocenters. The summed E-state index contributed by atoms with van der Waals surface area (Å²) in [5.41, 5.74) is 2.61. The molecule has 0 aliphatic carbocycles. The first kappa shape index (κ1) is 39.7. The predicted molar refractivity (Wildman–Crippen MR) is 203 cm³/mol. The molecule has 6 rings (SSSR count). The van der Waals surface area contributed by atoms with Crippen molar-refractivity contribution in [3.05, 3.63) is 113 Å². The summed E-state index contributed by atoms with van der Waals surface area (Å²) in [6.45, 7) is 5.14. The van der Waals surface area contributed by atoms with E-state index < -0.39 is 26.0 Å². The van der Waals surface area contributed by atoms with Crippen molar-refractivity contribution in [2.75, 3.05) is 16.6 Å². The molecule has 20 heteroatoms. The van der Waals surface area contributed by atoms with Crippen LogP contribution in [0.15, 0.2) is 94.7 Å². The minimum atomic E-state index is -4.06. The third-order valence-corrected chi connectivity index (χ3v) is 13.3. The van der Waals surface area contributed by atoms with Gasteiger partial charge in [0.1, 0.15) is 41.4 Å². The first-order valence-electron chi connectivity index (χ1n) is 15.0. The topological polar surface area (TPSA) is 197 Å². The molecule has 0 radical (unpaired) electrons. The van der Waals surface area contributed by atoms with Gasteiger partial charge in [-0.05, 0) is 89.4 Å². The fourth-order valence-electron chi connectivity index (χ4n) is 4.34. The molecule has 0 saturated heterocycles. The molecule has 53 heavy (non-hydrogen) atoms. The predicted octanol–water partition coefficient (Wildman–Crippen LogP) is 8.07. The summed E-state index contributed by atoms with van der Waals surface area (Å²) >= 11 is 11.2. The number of nitrogens with zero attached hydrogens (tertiary/aromatic N) is 2. The number of halogens is 2. The molecule has 2 aromatic carbocycles. The van der Waals surface area contributed by atoms with Crippen LogP contribution in [-0.4, -0.2) is 46.0 Å². The van der Waals surface area contributed by atoms with Gasteiger partial charge in [0.05, 0.1) is 17.7 Å². The normalized spacial score (nSPS) is 11.4. The molecule has 6 aromatic rings. The molecule has 2 N–H and O–H groups in total. The average molecular weight is 884 g/mol. The second-order valence-corrected chi connectivity index (χ2v) is 17.2. The highest BCUT2D eigenvalue weighted by Crippen LogP contribution is 2.32. The van der Waals surface area contributed by atoms with Crippen molar-refractivity contribution >= 4 is 93.8 Å². The Hall–Kier alpha value is -4.53. The van der Waals surface area contributed by atoms with E-state index in [-0.39, 0.29) is 48.5 Å². The Morgan fingerprint density at radius 3 is 1.85 bits per heavy atom. The minimum Gasteiger partial charge on any atom is -0.497 e. The lowest BCUT2D eigenvalue weighted by atomic mass is 10.1. The molecule has 0 saturated carbocycles. The molecule has 0 spiro atoms. The second kappa shape index (κ2) is 16.6. The fraction of sp³-hybridized carbons (Fsp3) is 0.152. The number of Topliss-reactive ketones (excluding diaryl/α,β-unsaturated/α-hetero) is 1. The molecule has 0 bridgehead atoms. The van der Waals surface area contributed by atoms with E-state index in [0.717, 1.165) is 33.8 Å². The molecule has 4 heterocycles. The summed E-state index contributed by atoms with van der Waals surface area (Å²) in [5.74, 6) is -0.305. The van der Waals surface area contributed by atoms with Crippen LogP contribution in [0.1, 0.15) is 41.9 Å². The van der Waals surface area contributed by atoms with Crippen LogP contribution in [0.2, 0.25) is 5.02 Å². The quantitative estimate of drug-likeness (QED) is 0.0682. The van der Waals surface area contributed by atoms with Gasteiger partial charge < -0.3 is 18.5 Å². The maximum atomic E-state index is 12.7. The molecule has 4 aromatic heterocycles. The van der Waals surface area contributed by atoms with Gasteiger partial charge in [-0.15, -0.1) is 22.7 Å². The number of esters is 1. The molecule has 0 atom stereocenters. The zero-order chi connectivity index (χ0) is 38.5. The smallest absolute Gasteiger partial charge is 0.355 e. The summed E-state index contributed by atoms with van der Waals surface area (Å²) in [4.78, 5) is 24.8. The first-order valence-corrected chi connectivity index (χ1v) is 20.9. The Morgan fingerprint density at radius 2 is 1.30 bits per heavy atom. The van der Waals surface area contributed by atoms with Crippen molar-refractivity contribution in [2.24, 2.45) is 0 Å². The van der Waals surface area contributed by atoms with Gasteiger partial charge in [-0.3, -0.25) is 4.79 Å². The molecule has 278 valence electrons. The molecule has 14 nitrogen and oxygen atoms in total. The number of ketones is 1. The van der Waals surface area contributed by atoms with Crippen molar-refractivity contribution in [2.45, 2.75) is 37.0 Å². The van der Waals surface area contributed by atoms with Crippen molar-refractivity contribution in [1.29, 1.82) is 0 Å². The van der Waals surface area contributed by atoms with E-state index in [1.165, 1.54) is 17.5 Å². The summed E-state index contributed by atoms with van der Waals surface area (Å²) in [6.07, 6.45) is 0.0647. The Labute approximate surface area is 325 Å². The highest BCUT2D eigenvalue weighted by Gasteiger charge is 2.29. The largest absolute Gasteiger partial charge is 0.497 e. The van der Waals surface area contributed by atoms with Crippen molar-refractivity contribution in [1.82, 2.24) is 10.3 Å². The standard InChI is InChI=1S/C17H15ClN2O5S2.C16H13BrN2O5S2/c1-10-15(18)17(25-19-10)20-27(22,23)14-7-8-26-16(14)13(21)9-11-3-5-12(24-2)6-4-11;1-9-3-5-11(6-4-9)23-16(20)14-12(7-8-25-14)26(21,22)19-15-13(17)10(2)18-24-15/h3-8,20H,9H2,1-2H3;3-8,19H,1-2H3. The van der Waals surface area contributed by atoms with E-state index in [4.69, 9.17) is 30.1 Å². The van der Waals surface area contributed by atoms with E-state index >= 15 is 0 Å². The number of methoxy groups -OCH3 is 1. The number of rotatable bonds is 12. The van der Waals surface area contributed by atoms with Crippen LogP contribution >= 0.6 is 50.2 Å². The molecule has 0 aliphatic heterocycles. The van der Waals surface area contributed by atoms with Crippen molar-refractivity contribution in [3.63, 3.8) is 0 Å². The van der Waals surface area contributed by atoms with Gasteiger partial charge in [0.2, 0.25) is 0 Å². The first-order chi connectivity index (χ1) is 25.1. The van der Waals surface area contributed by atoms with Gasteiger partial charge in [-0.1, -0.05) is 51.7 Å². The molecular weight excluding hydrogens is 856 g/mol. The monoisotopic (exact) mass is 882 g/mol. The lowest BCUT2D eigenvalue weighted by molar-refractivity contribution is 0.0736. The Balaban J connectivity index is 0.000000204. The third kappa shape index (κ3) is 9.53.